The molecule has 13 heavy (non-hydrogen) atoms. The molecular weight excluding hydrogens is 162 g/mol. The van der Waals surface area contributed by atoms with Crippen molar-refractivity contribution in [1.82, 2.24) is 0 Å². The summed E-state index contributed by atoms with van der Waals surface area (Å²) in [6, 6.07) is 1.63. The molecule has 0 aromatic heterocycles. The quantitative estimate of drug-likeness (QED) is 0.479. The Morgan fingerprint density at radius 3 is 2.31 bits per heavy atom. The van der Waals surface area contributed by atoms with Gasteiger partial charge in [-0.2, -0.15) is 0 Å². The number of aliphatic hydroxyl groups is 1. The highest BCUT2D eigenvalue weighted by atomic mass is 16.2. The lowest BCUT2D eigenvalue weighted by molar-refractivity contribution is -0.928. The van der Waals surface area contributed by atoms with Gasteiger partial charge < -0.3 is 9.59 Å². The Balaban J connectivity index is 2.15. The van der Waals surface area contributed by atoms with Crippen LogP contribution >= 0.6 is 0 Å². The maximum atomic E-state index is 8.86. The van der Waals surface area contributed by atoms with Gasteiger partial charge in [-0.15, -0.1) is 0 Å². The summed E-state index contributed by atoms with van der Waals surface area (Å²) in [7, 11) is 4.72. The fourth-order valence-corrected chi connectivity index (χ4v) is 3.01. The van der Waals surface area contributed by atoms with E-state index in [-0.39, 0.29) is 6.61 Å². The number of rotatable bonds is 1. The van der Waals surface area contributed by atoms with E-state index in [1.165, 1.54) is 35.7 Å². The second-order valence-corrected chi connectivity index (χ2v) is 4.97. The first-order valence-corrected chi connectivity index (χ1v) is 5.26. The van der Waals surface area contributed by atoms with Crippen LogP contribution in [0.5, 0.6) is 0 Å². The average molecular weight is 182 g/mol. The lowest BCUT2D eigenvalue weighted by atomic mass is 9.95. The van der Waals surface area contributed by atoms with E-state index in [0.29, 0.717) is 0 Å². The Morgan fingerprint density at radius 1 is 1.31 bits per heavy atom. The number of fused-ring (bicyclic) bond motifs is 2. The van der Waals surface area contributed by atoms with Crippen LogP contribution in [0.25, 0.3) is 0 Å². The number of hydrogen-bond acceptors (Lipinski definition) is 1. The Morgan fingerprint density at radius 2 is 1.85 bits per heavy atom. The van der Waals surface area contributed by atoms with Gasteiger partial charge in [-0.05, 0) is 0 Å². The summed E-state index contributed by atoms with van der Waals surface area (Å²) < 4.78 is 1.21. The zero-order chi connectivity index (χ0) is 9.47. The van der Waals surface area contributed by atoms with E-state index in [9.17, 15) is 0 Å². The number of aliphatic hydroxyl groups excluding tert-OH is 1. The van der Waals surface area contributed by atoms with E-state index in [1.807, 2.05) is 6.08 Å². The fraction of sp³-hybridized carbons (Fsp3) is 0.818. The first kappa shape index (κ1) is 9.22. The van der Waals surface area contributed by atoms with E-state index in [0.717, 1.165) is 12.1 Å². The molecule has 0 saturated carbocycles. The van der Waals surface area contributed by atoms with Crippen LogP contribution in [-0.2, 0) is 0 Å². The van der Waals surface area contributed by atoms with Crippen molar-refractivity contribution >= 4 is 0 Å². The Labute approximate surface area is 80.5 Å². The molecule has 2 rings (SSSR count). The van der Waals surface area contributed by atoms with Crippen LogP contribution in [0.1, 0.15) is 25.7 Å². The summed E-state index contributed by atoms with van der Waals surface area (Å²) in [5, 5.41) is 8.86. The molecule has 0 unspecified atom stereocenters. The number of nitrogens with zero attached hydrogens (tertiary/aromatic N) is 1. The molecule has 2 atom stereocenters. The smallest absolute Gasteiger partial charge is 0.0928 e. The zero-order valence-electron chi connectivity index (χ0n) is 8.66. The molecule has 2 saturated heterocycles. The first-order valence-electron chi connectivity index (χ1n) is 5.26. The van der Waals surface area contributed by atoms with Crippen molar-refractivity contribution in [3.63, 3.8) is 0 Å². The highest BCUT2D eigenvalue weighted by Crippen LogP contribution is 2.41. The van der Waals surface area contributed by atoms with Crippen molar-refractivity contribution in [2.75, 3.05) is 20.7 Å². The van der Waals surface area contributed by atoms with Gasteiger partial charge >= 0.3 is 0 Å². The van der Waals surface area contributed by atoms with Gasteiger partial charge in [0.05, 0.1) is 32.8 Å². The largest absolute Gasteiger partial charge is 0.392 e. The number of quaternary nitrogens is 1. The van der Waals surface area contributed by atoms with E-state index < -0.39 is 0 Å². The Bertz CT molecular complexity index is 214. The average Bonchev–Trinajstić information content (AvgIpc) is 2.29. The molecule has 2 bridgehead atoms. The highest BCUT2D eigenvalue weighted by molar-refractivity contribution is 5.10. The molecule has 0 spiro atoms. The molecule has 2 aliphatic heterocycles. The fourth-order valence-electron chi connectivity index (χ4n) is 3.01. The van der Waals surface area contributed by atoms with Gasteiger partial charge in [-0.25, -0.2) is 0 Å². The van der Waals surface area contributed by atoms with Crippen molar-refractivity contribution in [2.24, 2.45) is 0 Å². The van der Waals surface area contributed by atoms with Gasteiger partial charge in [0.15, 0.2) is 0 Å². The topological polar surface area (TPSA) is 20.2 Å². The minimum Gasteiger partial charge on any atom is -0.392 e. The maximum Gasteiger partial charge on any atom is 0.0928 e. The van der Waals surface area contributed by atoms with Crippen LogP contribution in [0.3, 0.4) is 0 Å². The number of piperidine rings is 1. The minimum atomic E-state index is 0.224. The van der Waals surface area contributed by atoms with E-state index in [1.54, 1.807) is 0 Å². The lowest BCUT2D eigenvalue weighted by Crippen LogP contribution is -2.52. The standard InChI is InChI=1S/C11H20NO/c1-12(2)10-3-4-11(12)8-9(7-10)5-6-13/h5,10-11,13H,3-4,6-8H2,1-2H3/q+1/t10-,11+. The molecule has 2 heterocycles. The Kier molecular flexibility index (Phi) is 2.20. The second kappa shape index (κ2) is 3.10. The van der Waals surface area contributed by atoms with Gasteiger partial charge in [-0.1, -0.05) is 11.6 Å². The summed E-state index contributed by atoms with van der Waals surface area (Å²) >= 11 is 0. The molecule has 0 aromatic carbocycles. The normalized spacial score (nSPS) is 39.8. The van der Waals surface area contributed by atoms with E-state index >= 15 is 0 Å². The Hall–Kier alpha value is -0.340. The van der Waals surface area contributed by atoms with Crippen molar-refractivity contribution in [3.8, 4) is 0 Å². The van der Waals surface area contributed by atoms with Gasteiger partial charge in [0.25, 0.3) is 0 Å². The molecule has 0 amide bonds. The third-order valence-electron chi connectivity index (χ3n) is 4.09. The van der Waals surface area contributed by atoms with Crippen LogP contribution < -0.4 is 0 Å². The molecule has 0 aliphatic carbocycles. The first-order chi connectivity index (χ1) is 6.14. The summed E-state index contributed by atoms with van der Waals surface area (Å²) in [6.07, 6.45) is 7.19. The molecule has 2 nitrogen and oxygen atoms in total. The van der Waals surface area contributed by atoms with Gasteiger partial charge in [-0.3, -0.25) is 0 Å². The second-order valence-electron chi connectivity index (χ2n) is 4.97. The molecule has 1 N–H and O–H groups in total. The van der Waals surface area contributed by atoms with Crippen LogP contribution in [0.15, 0.2) is 11.6 Å². The van der Waals surface area contributed by atoms with Crippen molar-refractivity contribution in [1.29, 1.82) is 0 Å². The third kappa shape index (κ3) is 1.42. The molecule has 74 valence electrons. The lowest BCUT2D eigenvalue weighted by Gasteiger charge is -2.42. The molecule has 2 fully saturated rings. The predicted octanol–water partition coefficient (Wildman–Crippen LogP) is 1.31. The minimum absolute atomic E-state index is 0.224. The van der Waals surface area contributed by atoms with E-state index in [4.69, 9.17) is 5.11 Å². The summed E-state index contributed by atoms with van der Waals surface area (Å²) in [4.78, 5) is 0. The molecule has 2 aliphatic rings. The monoisotopic (exact) mass is 182 g/mol. The molecule has 0 radical (unpaired) electrons. The van der Waals surface area contributed by atoms with Gasteiger partial charge in [0.1, 0.15) is 0 Å². The third-order valence-corrected chi connectivity index (χ3v) is 4.09. The molecular formula is C11H20NO+. The van der Waals surface area contributed by atoms with Gasteiger partial charge in [0, 0.05) is 25.7 Å². The highest BCUT2D eigenvalue weighted by Gasteiger charge is 2.46. The molecule has 0 aromatic rings. The number of hydrogen-bond donors (Lipinski definition) is 1. The van der Waals surface area contributed by atoms with Crippen LogP contribution in [-0.4, -0.2) is 42.4 Å². The van der Waals surface area contributed by atoms with Crippen molar-refractivity contribution in [3.05, 3.63) is 11.6 Å². The summed E-state index contributed by atoms with van der Waals surface area (Å²) in [5.74, 6) is 0. The SMILES string of the molecule is C[N+]1(C)[C@@H]2CC[C@H]1CC(=CCO)C2. The van der Waals surface area contributed by atoms with Crippen molar-refractivity contribution in [2.45, 2.75) is 37.8 Å². The zero-order valence-corrected chi connectivity index (χ0v) is 8.66. The van der Waals surface area contributed by atoms with Crippen LogP contribution in [0.4, 0.5) is 0 Å². The molecule has 2 heteroatoms. The summed E-state index contributed by atoms with van der Waals surface area (Å²) in [6.45, 7) is 0.224. The predicted molar refractivity (Wildman–Crippen MR) is 53.3 cm³/mol. The maximum absolute atomic E-state index is 8.86. The van der Waals surface area contributed by atoms with Crippen LogP contribution in [0.2, 0.25) is 0 Å². The van der Waals surface area contributed by atoms with Crippen LogP contribution in [0, 0.1) is 0 Å². The van der Waals surface area contributed by atoms with E-state index in [2.05, 4.69) is 14.1 Å². The van der Waals surface area contributed by atoms with Crippen molar-refractivity contribution < 1.29 is 9.59 Å². The van der Waals surface area contributed by atoms with Gasteiger partial charge in [0.2, 0.25) is 0 Å². The summed E-state index contributed by atoms with van der Waals surface area (Å²) in [5.41, 5.74) is 1.49.